The maximum atomic E-state index is 11.9. The van der Waals surface area contributed by atoms with E-state index in [1.165, 1.54) is 20.3 Å². The fourth-order valence-corrected chi connectivity index (χ4v) is 4.72. The van der Waals surface area contributed by atoms with Crippen molar-refractivity contribution < 1.29 is 14.3 Å². The summed E-state index contributed by atoms with van der Waals surface area (Å²) in [6.45, 7) is 5.47. The van der Waals surface area contributed by atoms with Crippen molar-refractivity contribution in [1.82, 2.24) is 9.97 Å². The number of nitrogens with one attached hydrogen (secondary N) is 2. The molecule has 0 atom stereocenters. The van der Waals surface area contributed by atoms with Gasteiger partial charge in [0.15, 0.2) is 0 Å². The zero-order valence-electron chi connectivity index (χ0n) is 21.6. The third-order valence-electron chi connectivity index (χ3n) is 5.92. The van der Waals surface area contributed by atoms with E-state index in [0.29, 0.717) is 50.1 Å². The summed E-state index contributed by atoms with van der Waals surface area (Å²) in [6, 6.07) is 11.0. The van der Waals surface area contributed by atoms with Crippen molar-refractivity contribution >= 4 is 62.9 Å². The Bertz CT molecular complexity index is 1530. The number of aromatic nitrogens is 2. The van der Waals surface area contributed by atoms with Crippen molar-refractivity contribution in [2.75, 3.05) is 43.8 Å². The van der Waals surface area contributed by atoms with Gasteiger partial charge in [-0.25, -0.2) is 9.97 Å². The Balaban J connectivity index is 1.85. The molecular formula is C28H27Cl2N5O3. The van der Waals surface area contributed by atoms with Crippen LogP contribution in [0.3, 0.4) is 0 Å². The van der Waals surface area contributed by atoms with Gasteiger partial charge >= 0.3 is 0 Å². The zero-order valence-corrected chi connectivity index (χ0v) is 23.2. The highest BCUT2D eigenvalue weighted by atomic mass is 35.5. The first-order valence-corrected chi connectivity index (χ1v) is 12.3. The average Bonchev–Trinajstić information content (AvgIpc) is 2.90. The molecule has 38 heavy (non-hydrogen) atoms. The monoisotopic (exact) mass is 551 g/mol. The maximum absolute atomic E-state index is 11.9. The number of methoxy groups -OCH3 is 2. The second-order valence-corrected chi connectivity index (χ2v) is 9.37. The minimum absolute atomic E-state index is 0.303. The molecule has 1 amide bonds. The lowest BCUT2D eigenvalue weighted by molar-refractivity contribution is -0.111. The van der Waals surface area contributed by atoms with E-state index >= 15 is 0 Å². The third-order valence-corrected chi connectivity index (χ3v) is 6.67. The highest BCUT2D eigenvalue weighted by molar-refractivity contribution is 6.41. The highest BCUT2D eigenvalue weighted by Crippen LogP contribution is 2.46. The molecule has 2 aromatic carbocycles. The number of carbonyl (C=O) groups excluding carboxylic acids is 1. The minimum atomic E-state index is -0.303. The van der Waals surface area contributed by atoms with Crippen molar-refractivity contribution in [1.29, 1.82) is 0 Å². The van der Waals surface area contributed by atoms with Gasteiger partial charge in [0.05, 0.1) is 41.3 Å². The third kappa shape index (κ3) is 5.18. The molecule has 0 spiro atoms. The van der Waals surface area contributed by atoms with Crippen molar-refractivity contribution in [2.24, 2.45) is 0 Å². The molecule has 0 saturated heterocycles. The number of amides is 1. The molecule has 2 aromatic heterocycles. The molecule has 0 bridgehead atoms. The van der Waals surface area contributed by atoms with Crippen LogP contribution in [0.2, 0.25) is 10.0 Å². The van der Waals surface area contributed by atoms with Crippen LogP contribution in [0.4, 0.5) is 23.0 Å². The summed E-state index contributed by atoms with van der Waals surface area (Å²) in [7, 11) is 6.86. The number of nitrogens with zero attached hydrogens (tertiary/aromatic N) is 3. The number of carbonyl (C=O) groups is 1. The van der Waals surface area contributed by atoms with Gasteiger partial charge in [-0.05, 0) is 36.8 Å². The largest absolute Gasteiger partial charge is 0.495 e. The number of hydrogen-bond donors (Lipinski definition) is 2. The first kappa shape index (κ1) is 27.0. The number of aryl methyl sites for hydroxylation is 1. The predicted octanol–water partition coefficient (Wildman–Crippen LogP) is 6.86. The summed E-state index contributed by atoms with van der Waals surface area (Å²) >= 11 is 13.3. The molecule has 4 aromatic rings. The number of para-hydroxylation sites is 1. The summed E-state index contributed by atoms with van der Waals surface area (Å²) in [5, 5.41) is 8.50. The van der Waals surface area contributed by atoms with Crippen molar-refractivity contribution in [3.05, 3.63) is 70.9 Å². The quantitative estimate of drug-likeness (QED) is 0.231. The molecular weight excluding hydrogens is 525 g/mol. The Morgan fingerprint density at radius 3 is 2.37 bits per heavy atom. The van der Waals surface area contributed by atoms with E-state index in [2.05, 4.69) is 22.2 Å². The number of benzene rings is 2. The van der Waals surface area contributed by atoms with E-state index in [1.807, 2.05) is 56.3 Å². The summed E-state index contributed by atoms with van der Waals surface area (Å²) < 4.78 is 10.9. The van der Waals surface area contributed by atoms with Crippen LogP contribution in [0.25, 0.3) is 22.0 Å². The van der Waals surface area contributed by atoms with Crippen LogP contribution in [0, 0.1) is 6.92 Å². The highest BCUT2D eigenvalue weighted by Gasteiger charge is 2.22. The fraction of sp³-hybridized carbons (Fsp3) is 0.179. The molecule has 0 saturated carbocycles. The van der Waals surface area contributed by atoms with Crippen LogP contribution in [0.15, 0.2) is 55.3 Å². The van der Waals surface area contributed by atoms with Crippen molar-refractivity contribution in [2.45, 2.75) is 6.92 Å². The lowest BCUT2D eigenvalue weighted by Gasteiger charge is -2.19. The SMILES string of the molecule is C=CC(=O)Nc1cccc(C)c1Nc1cc2c(N(C)C)nc(-c3c(Cl)c(OC)cc(OC)c3Cl)cc2cn1. The van der Waals surface area contributed by atoms with Crippen LogP contribution in [-0.4, -0.2) is 44.2 Å². The van der Waals surface area contributed by atoms with Gasteiger partial charge in [0.25, 0.3) is 0 Å². The second-order valence-electron chi connectivity index (χ2n) is 8.62. The fourth-order valence-electron chi connectivity index (χ4n) is 4.03. The molecule has 0 unspecified atom stereocenters. The molecule has 10 heteroatoms. The zero-order chi connectivity index (χ0) is 27.6. The van der Waals surface area contributed by atoms with E-state index in [4.69, 9.17) is 37.7 Å². The van der Waals surface area contributed by atoms with Crippen LogP contribution in [0.5, 0.6) is 11.5 Å². The van der Waals surface area contributed by atoms with Gasteiger partial charge in [-0.15, -0.1) is 0 Å². The van der Waals surface area contributed by atoms with Gasteiger partial charge in [-0.1, -0.05) is 41.9 Å². The van der Waals surface area contributed by atoms with E-state index < -0.39 is 0 Å². The average molecular weight is 552 g/mol. The number of hydrogen-bond acceptors (Lipinski definition) is 7. The molecule has 0 radical (unpaired) electrons. The standard InChI is InChI=1S/C28H27Cl2N5O3/c1-7-23(36)32-18-10-8-9-15(2)27(18)34-22-12-17-16(14-31-22)11-19(33-28(17)35(3)4)24-25(29)20(37-5)13-21(38-6)26(24)30/h7-14H,1H2,2-6H3,(H,31,34)(H,32,36). The lowest BCUT2D eigenvalue weighted by atomic mass is 10.1. The Kier molecular flexibility index (Phi) is 7.94. The Labute approximate surface area is 231 Å². The topological polar surface area (TPSA) is 88.6 Å². The number of halogens is 2. The van der Waals surface area contributed by atoms with E-state index in [1.54, 1.807) is 12.3 Å². The predicted molar refractivity (Wildman–Crippen MR) is 156 cm³/mol. The molecule has 2 N–H and O–H groups in total. The minimum Gasteiger partial charge on any atom is -0.495 e. The van der Waals surface area contributed by atoms with Gasteiger partial charge < -0.3 is 25.0 Å². The number of anilines is 4. The summed E-state index contributed by atoms with van der Waals surface area (Å²) in [4.78, 5) is 23.4. The number of pyridine rings is 2. The first-order chi connectivity index (χ1) is 18.2. The maximum Gasteiger partial charge on any atom is 0.247 e. The van der Waals surface area contributed by atoms with Crippen LogP contribution in [-0.2, 0) is 4.79 Å². The van der Waals surface area contributed by atoms with E-state index in [-0.39, 0.29) is 5.91 Å². The van der Waals surface area contributed by atoms with Gasteiger partial charge in [0.2, 0.25) is 5.91 Å². The first-order valence-electron chi connectivity index (χ1n) is 11.6. The molecule has 4 rings (SSSR count). The normalized spacial score (nSPS) is 10.7. The molecule has 196 valence electrons. The Morgan fingerprint density at radius 1 is 1.08 bits per heavy atom. The number of ether oxygens (including phenoxy) is 2. The van der Waals surface area contributed by atoms with Gasteiger partial charge in [0.1, 0.15) is 23.1 Å². The summed E-state index contributed by atoms with van der Waals surface area (Å²) in [5.74, 6) is 1.81. The lowest BCUT2D eigenvalue weighted by Crippen LogP contribution is -2.12. The second kappa shape index (κ2) is 11.2. The van der Waals surface area contributed by atoms with Gasteiger partial charge in [-0.3, -0.25) is 4.79 Å². The molecule has 0 aliphatic heterocycles. The van der Waals surface area contributed by atoms with Crippen molar-refractivity contribution in [3.8, 4) is 22.8 Å². The summed E-state index contributed by atoms with van der Waals surface area (Å²) in [6.07, 6.45) is 2.97. The van der Waals surface area contributed by atoms with Gasteiger partial charge in [-0.2, -0.15) is 0 Å². The van der Waals surface area contributed by atoms with Crippen LogP contribution >= 0.6 is 23.2 Å². The summed E-state index contributed by atoms with van der Waals surface area (Å²) in [5.41, 5.74) is 3.33. The molecule has 0 aliphatic rings. The number of rotatable bonds is 8. The molecule has 0 fully saturated rings. The smallest absolute Gasteiger partial charge is 0.247 e. The Hall–Kier alpha value is -4.01. The number of fused-ring (bicyclic) bond motifs is 1. The van der Waals surface area contributed by atoms with E-state index in [0.717, 1.165) is 22.0 Å². The molecule has 8 nitrogen and oxygen atoms in total. The Morgan fingerprint density at radius 2 is 1.76 bits per heavy atom. The molecule has 0 aliphatic carbocycles. The van der Waals surface area contributed by atoms with Gasteiger partial charge in [0, 0.05) is 42.7 Å². The van der Waals surface area contributed by atoms with E-state index in [9.17, 15) is 4.79 Å². The van der Waals surface area contributed by atoms with Crippen LogP contribution < -0.4 is 25.0 Å². The van der Waals surface area contributed by atoms with Crippen LogP contribution in [0.1, 0.15) is 5.56 Å². The molecule has 2 heterocycles. The van der Waals surface area contributed by atoms with Crippen molar-refractivity contribution in [3.63, 3.8) is 0 Å².